The van der Waals surface area contributed by atoms with Crippen molar-refractivity contribution >= 4 is 39.0 Å². The predicted molar refractivity (Wildman–Crippen MR) is 68.8 cm³/mol. The summed E-state index contributed by atoms with van der Waals surface area (Å²) in [5, 5.41) is 11.7. The highest BCUT2D eigenvalue weighted by Crippen LogP contribution is 2.38. The number of rotatable bonds is 3. The van der Waals surface area contributed by atoms with Crippen LogP contribution in [0.3, 0.4) is 0 Å². The van der Waals surface area contributed by atoms with Crippen LogP contribution in [0.15, 0.2) is 11.4 Å². The topological polar surface area (TPSA) is 46.5 Å². The Labute approximate surface area is 112 Å². The van der Waals surface area contributed by atoms with Gasteiger partial charge < -0.3 is 9.84 Å². The molecule has 6 heteroatoms. The van der Waals surface area contributed by atoms with Gasteiger partial charge in [0.05, 0.1) is 22.8 Å². The number of benzene rings is 1. The lowest BCUT2D eigenvalue weighted by molar-refractivity contribution is -0.142. The molecule has 96 valence electrons. The molecule has 0 radical (unpaired) electrons. The minimum atomic E-state index is -0.713. The van der Waals surface area contributed by atoms with Gasteiger partial charge in [-0.15, -0.1) is 11.3 Å². The van der Waals surface area contributed by atoms with Crippen LogP contribution in [0.5, 0.6) is 5.75 Å². The lowest BCUT2D eigenvalue weighted by Gasteiger charge is -2.03. The first-order chi connectivity index (χ1) is 8.54. The second-order valence-corrected chi connectivity index (χ2v) is 4.93. The Morgan fingerprint density at radius 1 is 1.61 bits per heavy atom. The zero-order chi connectivity index (χ0) is 13.3. The van der Waals surface area contributed by atoms with E-state index in [1.807, 2.05) is 0 Å². The molecule has 0 fully saturated rings. The Hall–Kier alpha value is -1.33. The normalized spacial score (nSPS) is 10.8. The summed E-state index contributed by atoms with van der Waals surface area (Å²) >= 11 is 7.07. The van der Waals surface area contributed by atoms with Crippen LogP contribution in [0.1, 0.15) is 12.5 Å². The molecule has 1 aromatic carbocycles. The van der Waals surface area contributed by atoms with Crippen LogP contribution in [-0.2, 0) is 16.0 Å². The molecule has 1 heterocycles. The van der Waals surface area contributed by atoms with Crippen LogP contribution in [0.25, 0.3) is 10.1 Å². The summed E-state index contributed by atoms with van der Waals surface area (Å²) in [6.45, 7) is 2.01. The number of hydrogen-bond acceptors (Lipinski definition) is 4. The summed E-state index contributed by atoms with van der Waals surface area (Å²) in [5.74, 6) is -1.59. The first-order valence-electron chi connectivity index (χ1n) is 5.27. The average Bonchev–Trinajstić information content (AvgIpc) is 2.70. The van der Waals surface area contributed by atoms with Gasteiger partial charge in [-0.3, -0.25) is 4.79 Å². The molecular formula is C12H10ClFO3S. The van der Waals surface area contributed by atoms with E-state index in [4.69, 9.17) is 16.3 Å². The molecule has 1 aromatic heterocycles. The lowest BCUT2D eigenvalue weighted by Crippen LogP contribution is -2.07. The molecule has 0 unspecified atom stereocenters. The molecule has 1 N–H and O–H groups in total. The summed E-state index contributed by atoms with van der Waals surface area (Å²) in [4.78, 5) is 11.4. The molecule has 0 spiro atoms. The maximum atomic E-state index is 13.7. The van der Waals surface area contributed by atoms with Crippen LogP contribution in [0.2, 0.25) is 5.02 Å². The van der Waals surface area contributed by atoms with E-state index in [0.717, 1.165) is 17.4 Å². The lowest BCUT2D eigenvalue weighted by atomic mass is 10.1. The molecule has 0 bridgehead atoms. The first kappa shape index (κ1) is 13.1. The van der Waals surface area contributed by atoms with Crippen LogP contribution in [-0.4, -0.2) is 17.7 Å². The van der Waals surface area contributed by atoms with Crippen molar-refractivity contribution in [2.75, 3.05) is 6.61 Å². The molecule has 0 atom stereocenters. The van der Waals surface area contributed by atoms with Crippen molar-refractivity contribution in [3.8, 4) is 5.75 Å². The van der Waals surface area contributed by atoms with Crippen molar-refractivity contribution in [3.05, 3.63) is 27.8 Å². The third kappa shape index (κ3) is 2.28. The SMILES string of the molecule is CCOC(=O)Cc1csc2c(F)c(O)cc(Cl)c12. The maximum absolute atomic E-state index is 13.7. The van der Waals surface area contributed by atoms with Crippen molar-refractivity contribution in [2.45, 2.75) is 13.3 Å². The fourth-order valence-corrected chi connectivity index (χ4v) is 3.09. The highest BCUT2D eigenvalue weighted by atomic mass is 35.5. The van der Waals surface area contributed by atoms with Gasteiger partial charge in [-0.2, -0.15) is 0 Å². The number of ether oxygens (including phenoxy) is 1. The molecule has 2 aromatic rings. The highest BCUT2D eigenvalue weighted by molar-refractivity contribution is 7.17. The fraction of sp³-hybridized carbons (Fsp3) is 0.250. The molecule has 0 aliphatic heterocycles. The molecule has 3 nitrogen and oxygen atoms in total. The third-order valence-electron chi connectivity index (χ3n) is 2.43. The van der Waals surface area contributed by atoms with E-state index < -0.39 is 11.6 Å². The van der Waals surface area contributed by atoms with Crippen LogP contribution < -0.4 is 0 Å². The number of carbonyl (C=O) groups excluding carboxylic acids is 1. The summed E-state index contributed by atoms with van der Waals surface area (Å²) in [6, 6.07) is 1.14. The summed E-state index contributed by atoms with van der Waals surface area (Å²) in [5.41, 5.74) is 0.609. The minimum Gasteiger partial charge on any atom is -0.505 e. The van der Waals surface area contributed by atoms with Crippen molar-refractivity contribution in [3.63, 3.8) is 0 Å². The second-order valence-electron chi connectivity index (χ2n) is 3.64. The fourth-order valence-electron chi connectivity index (χ4n) is 1.69. The largest absolute Gasteiger partial charge is 0.505 e. The molecule has 0 aliphatic carbocycles. The molecule has 0 saturated carbocycles. The Morgan fingerprint density at radius 3 is 3.00 bits per heavy atom. The van der Waals surface area contributed by atoms with Gasteiger partial charge in [0.1, 0.15) is 0 Å². The number of thiophene rings is 1. The standard InChI is InChI=1S/C12H10ClFO3S/c1-2-17-9(16)3-6-5-18-12-10(6)7(13)4-8(15)11(12)14/h4-5,15H,2-3H2,1H3. The quantitative estimate of drug-likeness (QED) is 0.879. The van der Waals surface area contributed by atoms with Gasteiger partial charge in [0, 0.05) is 11.5 Å². The van der Waals surface area contributed by atoms with Gasteiger partial charge in [0.15, 0.2) is 11.6 Å². The number of hydrogen-bond donors (Lipinski definition) is 1. The minimum absolute atomic E-state index is 0.0395. The summed E-state index contributed by atoms with van der Waals surface area (Å²) < 4.78 is 18.7. The van der Waals surface area contributed by atoms with E-state index in [-0.39, 0.29) is 22.1 Å². The number of esters is 1. The Bertz CT molecular complexity index is 609. The van der Waals surface area contributed by atoms with Crippen molar-refractivity contribution in [1.29, 1.82) is 0 Å². The smallest absolute Gasteiger partial charge is 0.310 e. The van der Waals surface area contributed by atoms with E-state index in [1.54, 1.807) is 12.3 Å². The van der Waals surface area contributed by atoms with Gasteiger partial charge in [-0.25, -0.2) is 4.39 Å². The van der Waals surface area contributed by atoms with E-state index in [0.29, 0.717) is 17.6 Å². The maximum Gasteiger partial charge on any atom is 0.310 e. The number of phenolic OH excluding ortho intramolecular Hbond substituents is 1. The van der Waals surface area contributed by atoms with Crippen molar-refractivity contribution in [1.82, 2.24) is 0 Å². The van der Waals surface area contributed by atoms with E-state index in [9.17, 15) is 14.3 Å². The van der Waals surface area contributed by atoms with Crippen LogP contribution in [0.4, 0.5) is 4.39 Å². The zero-order valence-electron chi connectivity index (χ0n) is 9.50. The van der Waals surface area contributed by atoms with Gasteiger partial charge in [-0.1, -0.05) is 11.6 Å². The Balaban J connectivity index is 2.48. The molecule has 0 saturated heterocycles. The number of aromatic hydroxyl groups is 1. The molecule has 18 heavy (non-hydrogen) atoms. The Morgan fingerprint density at radius 2 is 2.33 bits per heavy atom. The van der Waals surface area contributed by atoms with Crippen LogP contribution >= 0.6 is 22.9 Å². The van der Waals surface area contributed by atoms with Gasteiger partial charge in [-0.05, 0) is 17.9 Å². The first-order valence-corrected chi connectivity index (χ1v) is 6.53. The monoisotopic (exact) mass is 288 g/mol. The third-order valence-corrected chi connectivity index (χ3v) is 3.75. The number of halogens is 2. The molecule has 0 amide bonds. The second kappa shape index (κ2) is 5.12. The number of carbonyl (C=O) groups is 1. The van der Waals surface area contributed by atoms with E-state index in [2.05, 4.69) is 0 Å². The number of fused-ring (bicyclic) bond motifs is 1. The van der Waals surface area contributed by atoms with E-state index >= 15 is 0 Å². The summed E-state index contributed by atoms with van der Waals surface area (Å²) in [6.07, 6.45) is 0.0395. The Kier molecular flexibility index (Phi) is 3.73. The van der Waals surface area contributed by atoms with Gasteiger partial charge in [0.2, 0.25) is 0 Å². The molecular weight excluding hydrogens is 279 g/mol. The molecule has 0 aliphatic rings. The van der Waals surface area contributed by atoms with Crippen molar-refractivity contribution in [2.24, 2.45) is 0 Å². The number of phenols is 1. The van der Waals surface area contributed by atoms with Crippen molar-refractivity contribution < 1.29 is 19.0 Å². The van der Waals surface area contributed by atoms with Crippen LogP contribution in [0, 0.1) is 5.82 Å². The highest BCUT2D eigenvalue weighted by Gasteiger charge is 2.17. The van der Waals surface area contributed by atoms with Gasteiger partial charge in [0.25, 0.3) is 0 Å². The van der Waals surface area contributed by atoms with E-state index in [1.165, 1.54) is 0 Å². The zero-order valence-corrected chi connectivity index (χ0v) is 11.1. The van der Waals surface area contributed by atoms with Gasteiger partial charge >= 0.3 is 5.97 Å². The molecule has 2 rings (SSSR count). The average molecular weight is 289 g/mol. The predicted octanol–water partition coefficient (Wildman–Crippen LogP) is 3.51. The summed E-state index contributed by atoms with van der Waals surface area (Å²) in [7, 11) is 0.